The molecule has 0 spiro atoms. The van der Waals surface area contributed by atoms with Gasteiger partial charge in [-0.2, -0.15) is 0 Å². The zero-order valence-electron chi connectivity index (χ0n) is 10.8. The van der Waals surface area contributed by atoms with Crippen LogP contribution in [0, 0.1) is 5.82 Å². The fourth-order valence-corrected chi connectivity index (χ4v) is 2.10. The van der Waals surface area contributed by atoms with Crippen LogP contribution in [0.5, 0.6) is 0 Å². The SMILES string of the molecule is NC(=O)c1ccccc1COC(=O)c1ccc(Br)cc1F. The number of amides is 1. The maximum atomic E-state index is 13.6. The van der Waals surface area contributed by atoms with Crippen molar-refractivity contribution >= 4 is 27.8 Å². The summed E-state index contributed by atoms with van der Waals surface area (Å²) in [6, 6.07) is 10.5. The van der Waals surface area contributed by atoms with Crippen molar-refractivity contribution in [3.8, 4) is 0 Å². The summed E-state index contributed by atoms with van der Waals surface area (Å²) in [4.78, 5) is 23.1. The van der Waals surface area contributed by atoms with E-state index in [9.17, 15) is 14.0 Å². The number of carbonyl (C=O) groups is 2. The van der Waals surface area contributed by atoms with Crippen LogP contribution in [0.2, 0.25) is 0 Å². The molecule has 4 nitrogen and oxygen atoms in total. The Morgan fingerprint density at radius 2 is 1.86 bits per heavy atom. The zero-order chi connectivity index (χ0) is 15.4. The molecule has 0 aliphatic rings. The Bertz CT molecular complexity index is 703. The van der Waals surface area contributed by atoms with Gasteiger partial charge in [0.05, 0.1) is 5.56 Å². The molecule has 0 aliphatic heterocycles. The summed E-state index contributed by atoms with van der Waals surface area (Å²) < 4.78 is 19.2. The van der Waals surface area contributed by atoms with Crippen LogP contribution in [-0.2, 0) is 11.3 Å². The molecule has 0 fully saturated rings. The maximum Gasteiger partial charge on any atom is 0.341 e. The Hall–Kier alpha value is -2.21. The first-order valence-corrected chi connectivity index (χ1v) is 6.78. The molecular formula is C15H11BrFNO3. The average molecular weight is 352 g/mol. The van der Waals surface area contributed by atoms with Gasteiger partial charge in [0, 0.05) is 15.6 Å². The van der Waals surface area contributed by atoms with Gasteiger partial charge in [-0.3, -0.25) is 4.79 Å². The number of benzene rings is 2. The van der Waals surface area contributed by atoms with Crippen molar-refractivity contribution in [3.05, 3.63) is 69.4 Å². The predicted octanol–water partition coefficient (Wildman–Crippen LogP) is 3.04. The van der Waals surface area contributed by atoms with Crippen molar-refractivity contribution in [3.63, 3.8) is 0 Å². The molecular weight excluding hydrogens is 341 g/mol. The lowest BCUT2D eigenvalue weighted by atomic mass is 10.1. The van der Waals surface area contributed by atoms with Crippen LogP contribution in [-0.4, -0.2) is 11.9 Å². The van der Waals surface area contributed by atoms with E-state index in [0.29, 0.717) is 10.0 Å². The summed E-state index contributed by atoms with van der Waals surface area (Å²) in [7, 11) is 0. The Balaban J connectivity index is 2.13. The average Bonchev–Trinajstić information content (AvgIpc) is 2.45. The van der Waals surface area contributed by atoms with E-state index in [2.05, 4.69) is 15.9 Å². The molecule has 21 heavy (non-hydrogen) atoms. The second-order valence-corrected chi connectivity index (χ2v) is 5.14. The molecule has 0 atom stereocenters. The number of hydrogen-bond donors (Lipinski definition) is 1. The summed E-state index contributed by atoms with van der Waals surface area (Å²) >= 11 is 3.10. The molecule has 0 radical (unpaired) electrons. The first-order chi connectivity index (χ1) is 9.99. The van der Waals surface area contributed by atoms with Crippen molar-refractivity contribution in [2.24, 2.45) is 5.73 Å². The molecule has 0 bridgehead atoms. The molecule has 0 heterocycles. The molecule has 2 rings (SSSR count). The molecule has 0 saturated carbocycles. The van der Waals surface area contributed by atoms with Crippen molar-refractivity contribution in [1.82, 2.24) is 0 Å². The van der Waals surface area contributed by atoms with Crippen LogP contribution >= 0.6 is 15.9 Å². The van der Waals surface area contributed by atoms with Crippen LogP contribution in [0.3, 0.4) is 0 Å². The maximum absolute atomic E-state index is 13.6. The summed E-state index contributed by atoms with van der Waals surface area (Å²) in [5, 5.41) is 0. The van der Waals surface area contributed by atoms with E-state index in [1.807, 2.05) is 0 Å². The summed E-state index contributed by atoms with van der Waals surface area (Å²) in [5.41, 5.74) is 5.79. The number of halogens is 2. The molecule has 2 aromatic carbocycles. The van der Waals surface area contributed by atoms with Gasteiger partial charge in [-0.05, 0) is 24.3 Å². The molecule has 1 amide bonds. The second-order valence-electron chi connectivity index (χ2n) is 4.22. The highest BCUT2D eigenvalue weighted by Gasteiger charge is 2.15. The van der Waals surface area contributed by atoms with Crippen molar-refractivity contribution in [1.29, 1.82) is 0 Å². The van der Waals surface area contributed by atoms with Crippen LogP contribution in [0.15, 0.2) is 46.9 Å². The quantitative estimate of drug-likeness (QED) is 0.860. The van der Waals surface area contributed by atoms with Gasteiger partial charge in [0.25, 0.3) is 0 Å². The summed E-state index contributed by atoms with van der Waals surface area (Å²) in [6.45, 7) is -0.159. The van der Waals surface area contributed by atoms with Gasteiger partial charge < -0.3 is 10.5 Å². The van der Waals surface area contributed by atoms with E-state index in [1.54, 1.807) is 18.2 Å². The van der Waals surface area contributed by atoms with E-state index in [4.69, 9.17) is 10.5 Å². The highest BCUT2D eigenvalue weighted by atomic mass is 79.9. The van der Waals surface area contributed by atoms with Crippen molar-refractivity contribution in [2.45, 2.75) is 6.61 Å². The van der Waals surface area contributed by atoms with E-state index in [-0.39, 0.29) is 17.7 Å². The molecule has 0 aromatic heterocycles. The monoisotopic (exact) mass is 351 g/mol. The van der Waals surface area contributed by atoms with Crippen LogP contribution in [0.1, 0.15) is 26.3 Å². The van der Waals surface area contributed by atoms with Gasteiger partial charge in [-0.25, -0.2) is 9.18 Å². The first-order valence-electron chi connectivity index (χ1n) is 5.99. The summed E-state index contributed by atoms with van der Waals surface area (Å²) in [5.74, 6) is -2.10. The fraction of sp³-hybridized carbons (Fsp3) is 0.0667. The Morgan fingerprint density at radius 1 is 1.14 bits per heavy atom. The lowest BCUT2D eigenvalue weighted by Crippen LogP contribution is -2.15. The number of esters is 1. The highest BCUT2D eigenvalue weighted by Crippen LogP contribution is 2.17. The smallest absolute Gasteiger partial charge is 0.341 e. The third-order valence-electron chi connectivity index (χ3n) is 2.79. The highest BCUT2D eigenvalue weighted by molar-refractivity contribution is 9.10. The van der Waals surface area contributed by atoms with Gasteiger partial charge >= 0.3 is 5.97 Å². The molecule has 0 aliphatic carbocycles. The molecule has 0 unspecified atom stereocenters. The van der Waals surface area contributed by atoms with Crippen LogP contribution in [0.25, 0.3) is 0 Å². The van der Waals surface area contributed by atoms with Crippen molar-refractivity contribution < 1.29 is 18.7 Å². The standard InChI is InChI=1S/C15H11BrFNO3/c16-10-5-6-12(13(17)7-10)15(20)21-8-9-3-1-2-4-11(9)14(18)19/h1-7H,8H2,(H2,18,19). The van der Waals surface area contributed by atoms with Gasteiger partial charge in [0.1, 0.15) is 12.4 Å². The summed E-state index contributed by atoms with van der Waals surface area (Å²) in [6.07, 6.45) is 0. The van der Waals surface area contributed by atoms with Crippen LogP contribution in [0.4, 0.5) is 4.39 Å². The minimum atomic E-state index is -0.806. The third kappa shape index (κ3) is 3.66. The fourth-order valence-electron chi connectivity index (χ4n) is 1.76. The van der Waals surface area contributed by atoms with Gasteiger partial charge in [-0.15, -0.1) is 0 Å². The predicted molar refractivity (Wildman–Crippen MR) is 78.2 cm³/mol. The largest absolute Gasteiger partial charge is 0.457 e. The lowest BCUT2D eigenvalue weighted by Gasteiger charge is -2.08. The van der Waals surface area contributed by atoms with Gasteiger partial charge in [0.15, 0.2) is 0 Å². The first kappa shape index (κ1) is 15.2. The topological polar surface area (TPSA) is 69.4 Å². The minimum Gasteiger partial charge on any atom is -0.457 e. The van der Waals surface area contributed by atoms with E-state index < -0.39 is 17.7 Å². The van der Waals surface area contributed by atoms with Gasteiger partial charge in [0.2, 0.25) is 5.91 Å². The number of hydrogen-bond acceptors (Lipinski definition) is 3. The Morgan fingerprint density at radius 3 is 2.52 bits per heavy atom. The molecule has 2 aromatic rings. The van der Waals surface area contributed by atoms with Crippen LogP contribution < -0.4 is 5.73 Å². The zero-order valence-corrected chi connectivity index (χ0v) is 12.4. The van der Waals surface area contributed by atoms with E-state index in [1.165, 1.54) is 24.3 Å². The third-order valence-corrected chi connectivity index (χ3v) is 3.29. The van der Waals surface area contributed by atoms with Gasteiger partial charge in [-0.1, -0.05) is 34.1 Å². The van der Waals surface area contributed by atoms with E-state index >= 15 is 0 Å². The molecule has 2 N–H and O–H groups in total. The lowest BCUT2D eigenvalue weighted by molar-refractivity contribution is 0.0465. The Kier molecular flexibility index (Phi) is 4.70. The normalized spacial score (nSPS) is 10.2. The number of carbonyl (C=O) groups excluding carboxylic acids is 2. The number of nitrogens with two attached hydrogens (primary N) is 1. The number of rotatable bonds is 4. The minimum absolute atomic E-state index is 0.159. The molecule has 0 saturated heterocycles. The second kappa shape index (κ2) is 6.49. The Labute approximate surface area is 128 Å². The van der Waals surface area contributed by atoms with Crippen molar-refractivity contribution in [2.75, 3.05) is 0 Å². The number of ether oxygens (including phenoxy) is 1. The molecule has 6 heteroatoms. The number of primary amides is 1. The van der Waals surface area contributed by atoms with E-state index in [0.717, 1.165) is 0 Å². The molecule has 108 valence electrons.